The van der Waals surface area contributed by atoms with Gasteiger partial charge in [0, 0.05) is 18.3 Å². The van der Waals surface area contributed by atoms with Crippen molar-refractivity contribution in [1.29, 1.82) is 5.26 Å². The first-order valence-corrected chi connectivity index (χ1v) is 12.7. The minimum Gasteiger partial charge on any atom is -0.496 e. The van der Waals surface area contributed by atoms with E-state index < -0.39 is 0 Å². The Morgan fingerprint density at radius 3 is 2.69 bits per heavy atom. The number of hydrogen-bond donors (Lipinski definition) is 2. The van der Waals surface area contributed by atoms with Crippen molar-refractivity contribution in [1.82, 2.24) is 14.9 Å². The Labute approximate surface area is 215 Å². The highest BCUT2D eigenvalue weighted by Crippen LogP contribution is 2.37. The smallest absolute Gasteiger partial charge is 0.191 e. The number of rotatable bonds is 11. The second-order valence-corrected chi connectivity index (χ2v) is 8.40. The molecule has 4 rings (SSSR count). The van der Waals surface area contributed by atoms with E-state index in [-0.39, 0.29) is 0 Å². The number of ether oxygens (including phenoxy) is 2. The third-order valence-electron chi connectivity index (χ3n) is 5.23. The average Bonchev–Trinajstić information content (AvgIpc) is 3.55. The van der Waals surface area contributed by atoms with Crippen LogP contribution < -0.4 is 19.9 Å². The van der Waals surface area contributed by atoms with Crippen LogP contribution in [0.3, 0.4) is 0 Å². The van der Waals surface area contributed by atoms with Gasteiger partial charge in [0.15, 0.2) is 11.4 Å². The van der Waals surface area contributed by atoms with E-state index in [1.165, 1.54) is 17.5 Å². The fourth-order valence-corrected chi connectivity index (χ4v) is 4.26. The highest BCUT2D eigenvalue weighted by Gasteiger charge is 2.17. The van der Waals surface area contributed by atoms with Gasteiger partial charge < -0.3 is 24.5 Å². The molecule has 0 radical (unpaired) electrons. The van der Waals surface area contributed by atoms with Crippen LogP contribution in [0.2, 0.25) is 0 Å². The maximum atomic E-state index is 8.80. The van der Waals surface area contributed by atoms with E-state index >= 15 is 0 Å². The maximum Gasteiger partial charge on any atom is 0.191 e. The molecule has 190 valence electrons. The maximum absolute atomic E-state index is 8.80. The number of nitrogens with one attached hydrogen (secondary N) is 1. The molecule has 2 heterocycles. The highest BCUT2D eigenvalue weighted by molar-refractivity contribution is 8.00. The van der Waals surface area contributed by atoms with Crippen LogP contribution in [0.25, 0.3) is 11.0 Å². The van der Waals surface area contributed by atoms with Gasteiger partial charge >= 0.3 is 0 Å². The molecule has 2 aromatic heterocycles. The molecule has 10 heteroatoms. The van der Waals surface area contributed by atoms with Crippen LogP contribution in [0.5, 0.6) is 11.5 Å². The SMILES string of the molecule is CC.CCc1ccc(OCCC#N)c(SNc2noc3cc(Cn4cc(CN)cn4)cc(OC)c23)c1. The van der Waals surface area contributed by atoms with E-state index in [9.17, 15) is 0 Å². The quantitative estimate of drug-likeness (QED) is 0.198. The summed E-state index contributed by atoms with van der Waals surface area (Å²) in [6, 6.07) is 12.0. The Morgan fingerprint density at radius 1 is 1.17 bits per heavy atom. The lowest BCUT2D eigenvalue weighted by molar-refractivity contribution is 0.319. The lowest BCUT2D eigenvalue weighted by Crippen LogP contribution is -2.01. The molecule has 9 nitrogen and oxygen atoms in total. The van der Waals surface area contributed by atoms with Gasteiger partial charge in [-0.15, -0.1) is 0 Å². The van der Waals surface area contributed by atoms with Crippen molar-refractivity contribution in [2.45, 2.75) is 51.6 Å². The number of anilines is 1. The van der Waals surface area contributed by atoms with Crippen LogP contribution in [0.4, 0.5) is 5.82 Å². The number of aryl methyl sites for hydroxylation is 1. The summed E-state index contributed by atoms with van der Waals surface area (Å²) in [5.41, 5.74) is 9.41. The first-order valence-electron chi connectivity index (χ1n) is 11.9. The van der Waals surface area contributed by atoms with Gasteiger partial charge in [-0.3, -0.25) is 4.68 Å². The van der Waals surface area contributed by atoms with E-state index in [1.807, 2.05) is 49.0 Å². The summed E-state index contributed by atoms with van der Waals surface area (Å²) in [4.78, 5) is 0.901. The molecule has 0 aliphatic rings. The van der Waals surface area contributed by atoms with Gasteiger partial charge in [0.05, 0.1) is 37.2 Å². The van der Waals surface area contributed by atoms with Crippen LogP contribution in [-0.2, 0) is 19.5 Å². The Balaban J connectivity index is 0.00000176. The van der Waals surface area contributed by atoms with Gasteiger partial charge in [0.25, 0.3) is 0 Å². The van der Waals surface area contributed by atoms with Crippen LogP contribution in [0.1, 0.15) is 43.9 Å². The Bertz CT molecular complexity index is 1310. The lowest BCUT2D eigenvalue weighted by atomic mass is 10.1. The van der Waals surface area contributed by atoms with E-state index in [0.717, 1.165) is 27.8 Å². The largest absolute Gasteiger partial charge is 0.496 e. The molecule has 0 fully saturated rings. The predicted molar refractivity (Wildman–Crippen MR) is 142 cm³/mol. The van der Waals surface area contributed by atoms with E-state index in [2.05, 4.69) is 34.0 Å². The number of methoxy groups -OCH3 is 1. The summed E-state index contributed by atoms with van der Waals surface area (Å²) in [5.74, 6) is 1.91. The molecule has 0 bridgehead atoms. The standard InChI is InChI=1S/C24H26N6O3S.C2H6/c1-3-16-5-6-19(32-8-4-7-25)22(11-16)34-29-24-23-20(31-2)9-17(10-21(23)33-28-24)14-30-15-18(12-26)13-27-30;1-2/h5-6,9-11,13,15H,3-4,8,12,14,26H2,1-2H3,(H,28,29);1-2H3. The number of hydrogen-bond acceptors (Lipinski definition) is 9. The summed E-state index contributed by atoms with van der Waals surface area (Å²) < 4.78 is 22.2. The predicted octanol–water partition coefficient (Wildman–Crippen LogP) is 5.54. The molecular formula is C26H32N6O3S. The van der Waals surface area contributed by atoms with Crippen LogP contribution in [0, 0.1) is 11.3 Å². The third-order valence-corrected chi connectivity index (χ3v) is 6.06. The van der Waals surface area contributed by atoms with E-state index in [1.54, 1.807) is 13.3 Å². The minimum absolute atomic E-state index is 0.326. The zero-order valence-corrected chi connectivity index (χ0v) is 21.9. The number of benzene rings is 2. The monoisotopic (exact) mass is 508 g/mol. The highest BCUT2D eigenvalue weighted by atomic mass is 32.2. The van der Waals surface area contributed by atoms with Gasteiger partial charge in [-0.2, -0.15) is 10.4 Å². The molecule has 0 aliphatic carbocycles. The van der Waals surface area contributed by atoms with Gasteiger partial charge in [-0.1, -0.05) is 32.0 Å². The third kappa shape index (κ3) is 6.50. The molecule has 0 aliphatic heterocycles. The van der Waals surface area contributed by atoms with E-state index in [4.69, 9.17) is 25.0 Å². The molecule has 4 aromatic rings. The minimum atomic E-state index is 0.326. The molecule has 0 unspecified atom stereocenters. The van der Waals surface area contributed by atoms with Crippen molar-refractivity contribution < 1.29 is 14.0 Å². The topological polar surface area (TPSA) is 124 Å². The Kier molecular flexibility index (Phi) is 10.0. The number of fused-ring (bicyclic) bond motifs is 1. The van der Waals surface area contributed by atoms with Crippen LogP contribution >= 0.6 is 11.9 Å². The van der Waals surface area contributed by atoms with E-state index in [0.29, 0.717) is 49.0 Å². The van der Waals surface area contributed by atoms with Gasteiger partial charge in [0.2, 0.25) is 0 Å². The van der Waals surface area contributed by atoms with Crippen molar-refractivity contribution in [3.8, 4) is 17.6 Å². The Hall–Kier alpha value is -3.68. The molecule has 0 saturated carbocycles. The lowest BCUT2D eigenvalue weighted by Gasteiger charge is -2.12. The van der Waals surface area contributed by atoms with Gasteiger partial charge in [-0.05, 0) is 53.8 Å². The molecule has 0 amide bonds. The number of nitrogens with zero attached hydrogens (tertiary/aromatic N) is 4. The fraction of sp³-hybridized carbons (Fsp3) is 0.346. The summed E-state index contributed by atoms with van der Waals surface area (Å²) in [6.45, 7) is 7.43. The first-order chi connectivity index (χ1) is 17.6. The van der Waals surface area contributed by atoms with Gasteiger partial charge in [-0.25, -0.2) is 0 Å². The number of aromatic nitrogens is 3. The summed E-state index contributed by atoms with van der Waals surface area (Å²) in [6.07, 6.45) is 4.90. The van der Waals surface area contributed by atoms with Crippen LogP contribution in [0.15, 0.2) is 52.1 Å². The second-order valence-electron chi connectivity index (χ2n) is 7.55. The number of nitriles is 1. The molecular weight excluding hydrogens is 476 g/mol. The summed E-state index contributed by atoms with van der Waals surface area (Å²) >= 11 is 1.38. The van der Waals surface area contributed by atoms with Crippen LogP contribution in [-0.4, -0.2) is 28.7 Å². The molecule has 3 N–H and O–H groups in total. The zero-order valence-electron chi connectivity index (χ0n) is 21.1. The fourth-order valence-electron chi connectivity index (χ4n) is 3.48. The molecule has 36 heavy (non-hydrogen) atoms. The van der Waals surface area contributed by atoms with Crippen molar-refractivity contribution in [3.63, 3.8) is 0 Å². The average molecular weight is 509 g/mol. The second kappa shape index (κ2) is 13.4. The Morgan fingerprint density at radius 2 is 2.00 bits per heavy atom. The summed E-state index contributed by atoms with van der Waals surface area (Å²) in [5, 5.41) is 18.1. The summed E-state index contributed by atoms with van der Waals surface area (Å²) in [7, 11) is 1.62. The van der Waals surface area contributed by atoms with Crippen molar-refractivity contribution >= 4 is 28.7 Å². The molecule has 0 atom stereocenters. The number of nitrogens with two attached hydrogens (primary N) is 1. The molecule has 0 saturated heterocycles. The van der Waals surface area contributed by atoms with Gasteiger partial charge in [0.1, 0.15) is 23.5 Å². The first kappa shape index (κ1) is 26.9. The van der Waals surface area contributed by atoms with Crippen molar-refractivity contribution in [2.75, 3.05) is 18.4 Å². The normalized spacial score (nSPS) is 10.4. The van der Waals surface area contributed by atoms with Crippen molar-refractivity contribution in [2.24, 2.45) is 5.73 Å². The molecule has 2 aromatic carbocycles. The molecule has 0 spiro atoms. The zero-order chi connectivity index (χ0) is 25.9. The van der Waals surface area contributed by atoms with Crippen molar-refractivity contribution in [3.05, 3.63) is 59.4 Å².